The summed E-state index contributed by atoms with van der Waals surface area (Å²) in [4.78, 5) is 15.1. The first kappa shape index (κ1) is 26.9. The summed E-state index contributed by atoms with van der Waals surface area (Å²) in [7, 11) is -3.75. The monoisotopic (exact) mass is 599 g/mol. The molecule has 214 valence electrons. The van der Waals surface area contributed by atoms with E-state index < -0.39 is 9.84 Å². The number of benzene rings is 6. The average molecular weight is 600 g/mol. The van der Waals surface area contributed by atoms with E-state index in [9.17, 15) is 8.42 Å². The Bertz CT molecular complexity index is 2310. The fourth-order valence-electron chi connectivity index (χ4n) is 5.79. The van der Waals surface area contributed by atoms with Crippen molar-refractivity contribution >= 4 is 9.84 Å². The van der Waals surface area contributed by atoms with Crippen LogP contribution in [0.5, 0.6) is 0 Å². The lowest BCUT2D eigenvalue weighted by Gasteiger charge is -2.10. The van der Waals surface area contributed by atoms with Gasteiger partial charge in [-0.3, -0.25) is 0 Å². The van der Waals surface area contributed by atoms with Crippen molar-refractivity contribution in [1.82, 2.24) is 15.0 Å². The van der Waals surface area contributed by atoms with Gasteiger partial charge in [0, 0.05) is 27.8 Å². The molecule has 6 heteroatoms. The molecule has 0 radical (unpaired) electrons. The molecule has 0 aliphatic carbocycles. The second-order valence-corrected chi connectivity index (χ2v) is 12.8. The average Bonchev–Trinajstić information content (AvgIpc) is 3.34. The first-order chi connectivity index (χ1) is 22.0. The molecule has 1 aromatic heterocycles. The number of fused-ring (bicyclic) bond motifs is 3. The summed E-state index contributed by atoms with van der Waals surface area (Å²) in [5, 5.41) is 0. The van der Waals surface area contributed by atoms with Crippen molar-refractivity contribution in [3.05, 3.63) is 152 Å². The number of hydrogen-bond acceptors (Lipinski definition) is 5. The van der Waals surface area contributed by atoms with E-state index in [0.29, 0.717) is 39.1 Å². The summed E-state index contributed by atoms with van der Waals surface area (Å²) in [6.45, 7) is 0. The lowest BCUT2D eigenvalue weighted by molar-refractivity contribution is 0.599. The maximum Gasteiger partial charge on any atom is 0.207 e. The molecule has 45 heavy (non-hydrogen) atoms. The minimum atomic E-state index is -3.75. The van der Waals surface area contributed by atoms with Crippen LogP contribution in [0.1, 0.15) is 0 Å². The summed E-state index contributed by atoms with van der Waals surface area (Å²) in [6.07, 6.45) is 0. The van der Waals surface area contributed by atoms with Gasteiger partial charge in [-0.1, -0.05) is 140 Å². The highest BCUT2D eigenvalue weighted by molar-refractivity contribution is 7.92. The van der Waals surface area contributed by atoms with Crippen LogP contribution in [0, 0.1) is 0 Å². The summed E-state index contributed by atoms with van der Waals surface area (Å²) in [6, 6.07) is 48.9. The molecule has 0 saturated carbocycles. The van der Waals surface area contributed by atoms with Gasteiger partial charge in [0.25, 0.3) is 0 Å². The van der Waals surface area contributed by atoms with Crippen LogP contribution in [0.25, 0.3) is 67.5 Å². The number of rotatable bonds is 5. The highest BCUT2D eigenvalue weighted by Crippen LogP contribution is 2.45. The van der Waals surface area contributed by atoms with Crippen LogP contribution >= 0.6 is 0 Å². The van der Waals surface area contributed by atoms with Gasteiger partial charge in [-0.15, -0.1) is 0 Å². The Balaban J connectivity index is 1.23. The highest BCUT2D eigenvalue weighted by atomic mass is 32.2. The molecule has 5 nitrogen and oxygen atoms in total. The van der Waals surface area contributed by atoms with E-state index in [-0.39, 0.29) is 4.90 Å². The summed E-state index contributed by atoms with van der Waals surface area (Å²) in [5.41, 5.74) is 7.72. The van der Waals surface area contributed by atoms with E-state index in [2.05, 4.69) is 24.3 Å². The topological polar surface area (TPSA) is 72.8 Å². The smallest absolute Gasteiger partial charge is 0.207 e. The van der Waals surface area contributed by atoms with Gasteiger partial charge in [0.2, 0.25) is 9.84 Å². The van der Waals surface area contributed by atoms with Gasteiger partial charge >= 0.3 is 0 Å². The number of sulfone groups is 1. The molecule has 7 aromatic rings. The van der Waals surface area contributed by atoms with Crippen LogP contribution in [0.2, 0.25) is 0 Å². The zero-order chi connectivity index (χ0) is 30.4. The Morgan fingerprint density at radius 2 is 0.667 bits per heavy atom. The predicted octanol–water partition coefficient (Wildman–Crippen LogP) is 9.02. The Hall–Kier alpha value is -5.72. The van der Waals surface area contributed by atoms with Crippen LogP contribution in [0.3, 0.4) is 0 Å². The van der Waals surface area contributed by atoms with Crippen LogP contribution in [0.4, 0.5) is 0 Å². The molecule has 0 bridgehead atoms. The lowest BCUT2D eigenvalue weighted by atomic mass is 9.99. The zero-order valence-electron chi connectivity index (χ0n) is 24.0. The largest absolute Gasteiger partial charge is 0.218 e. The zero-order valence-corrected chi connectivity index (χ0v) is 24.8. The fourth-order valence-corrected chi connectivity index (χ4v) is 7.53. The van der Waals surface area contributed by atoms with E-state index in [1.807, 2.05) is 115 Å². The Labute approximate surface area is 261 Å². The summed E-state index contributed by atoms with van der Waals surface area (Å²) in [5.74, 6) is 1.43. The number of aromatic nitrogens is 3. The molecule has 0 spiro atoms. The van der Waals surface area contributed by atoms with E-state index >= 15 is 0 Å². The van der Waals surface area contributed by atoms with Crippen LogP contribution in [-0.2, 0) is 9.84 Å². The third kappa shape index (κ3) is 4.82. The van der Waals surface area contributed by atoms with Gasteiger partial charge in [0.15, 0.2) is 17.5 Å². The van der Waals surface area contributed by atoms with Crippen LogP contribution < -0.4 is 0 Å². The quantitative estimate of drug-likeness (QED) is 0.197. The molecule has 0 atom stereocenters. The normalized spacial score (nSPS) is 12.8. The number of hydrogen-bond donors (Lipinski definition) is 0. The maximum absolute atomic E-state index is 13.9. The third-order valence-electron chi connectivity index (χ3n) is 8.12. The second-order valence-electron chi connectivity index (χ2n) is 10.9. The molecule has 0 fully saturated rings. The van der Waals surface area contributed by atoms with E-state index in [1.54, 1.807) is 12.1 Å². The molecule has 0 amide bonds. The molecule has 6 aromatic carbocycles. The van der Waals surface area contributed by atoms with Crippen molar-refractivity contribution in [1.29, 1.82) is 0 Å². The molecule has 0 N–H and O–H groups in total. The maximum atomic E-state index is 13.9. The first-order valence-corrected chi connectivity index (χ1v) is 16.1. The van der Waals surface area contributed by atoms with Gasteiger partial charge in [-0.2, -0.15) is 0 Å². The molecule has 0 saturated heterocycles. The van der Waals surface area contributed by atoms with E-state index in [4.69, 9.17) is 15.0 Å². The van der Waals surface area contributed by atoms with Crippen LogP contribution in [0.15, 0.2) is 161 Å². The molecular weight excluding hydrogens is 575 g/mol. The van der Waals surface area contributed by atoms with Gasteiger partial charge in [-0.25, -0.2) is 23.4 Å². The molecule has 0 unspecified atom stereocenters. The lowest BCUT2D eigenvalue weighted by Crippen LogP contribution is -2.01. The Morgan fingerprint density at radius 3 is 1.20 bits per heavy atom. The first-order valence-electron chi connectivity index (χ1n) is 14.6. The van der Waals surface area contributed by atoms with E-state index in [0.717, 1.165) is 33.4 Å². The summed E-state index contributed by atoms with van der Waals surface area (Å²) >= 11 is 0. The van der Waals surface area contributed by atoms with Gasteiger partial charge in [0.1, 0.15) is 0 Å². The van der Waals surface area contributed by atoms with Crippen LogP contribution in [-0.4, -0.2) is 23.4 Å². The molecule has 1 aliphatic rings. The van der Waals surface area contributed by atoms with Crippen molar-refractivity contribution in [3.63, 3.8) is 0 Å². The van der Waals surface area contributed by atoms with Crippen molar-refractivity contribution in [2.75, 3.05) is 0 Å². The third-order valence-corrected chi connectivity index (χ3v) is 9.95. The minimum absolute atomic E-state index is 0.260. The van der Waals surface area contributed by atoms with Crippen molar-refractivity contribution in [2.45, 2.75) is 9.79 Å². The van der Waals surface area contributed by atoms with Gasteiger partial charge in [0.05, 0.1) is 9.79 Å². The summed E-state index contributed by atoms with van der Waals surface area (Å²) < 4.78 is 27.8. The molecule has 8 rings (SSSR count). The Kier molecular flexibility index (Phi) is 6.43. The van der Waals surface area contributed by atoms with Crippen molar-refractivity contribution in [3.8, 4) is 67.5 Å². The van der Waals surface area contributed by atoms with Gasteiger partial charge in [-0.05, 0) is 34.4 Å². The SMILES string of the molecule is O=S1(=O)c2cc(-c3ccccc3)ccc2-c2ccc(-c3nc(-c4ccccc4)nc(-c4ccc(-c5ccccc5)cc4)n3)cc21. The fraction of sp³-hybridized carbons (Fsp3) is 0. The predicted molar refractivity (Wildman–Crippen MR) is 178 cm³/mol. The van der Waals surface area contributed by atoms with E-state index in [1.165, 1.54) is 0 Å². The number of nitrogens with zero attached hydrogens (tertiary/aromatic N) is 3. The highest BCUT2D eigenvalue weighted by Gasteiger charge is 2.34. The standard InChI is InChI=1S/C39H25N3O2S/c43-45(44)35-24-31(27-12-6-2-7-13-27)20-22-33(35)34-23-21-32(25-36(34)45)39-41-37(29-14-8-3-9-15-29)40-38(42-39)30-18-16-28(17-19-30)26-10-4-1-5-11-26/h1-25H. The second kappa shape index (κ2) is 10.8. The minimum Gasteiger partial charge on any atom is -0.218 e. The van der Waals surface area contributed by atoms with Gasteiger partial charge < -0.3 is 0 Å². The Morgan fingerprint density at radius 1 is 0.333 bits per heavy atom. The molecule has 2 heterocycles. The van der Waals surface area contributed by atoms with Crippen molar-refractivity contribution < 1.29 is 8.42 Å². The van der Waals surface area contributed by atoms with Crippen molar-refractivity contribution in [2.24, 2.45) is 0 Å². The molecule has 1 aliphatic heterocycles. The molecular formula is C39H25N3O2S.